The minimum Gasteiger partial charge on any atom is -0.478 e. The number of hydrogen-bond donors (Lipinski definition) is 1. The minimum absolute atomic E-state index is 0.403. The lowest BCUT2D eigenvalue weighted by Gasteiger charge is -2.02. The van der Waals surface area contributed by atoms with E-state index in [1.807, 2.05) is 0 Å². The number of furan rings is 1. The number of carbonyl (C=O) groups is 1. The molecule has 0 bridgehead atoms. The van der Waals surface area contributed by atoms with Gasteiger partial charge >= 0.3 is 5.97 Å². The van der Waals surface area contributed by atoms with E-state index in [0.717, 1.165) is 6.08 Å². The molecule has 0 aliphatic heterocycles. The predicted octanol–water partition coefficient (Wildman–Crippen LogP) is 5.11. The Labute approximate surface area is 127 Å². The summed E-state index contributed by atoms with van der Waals surface area (Å²) in [6.07, 6.45) is 2.35. The fourth-order valence-corrected chi connectivity index (χ4v) is 2.37. The second-order valence-corrected chi connectivity index (χ2v) is 5.32. The van der Waals surface area contributed by atoms with E-state index in [-0.39, 0.29) is 0 Å². The van der Waals surface area contributed by atoms with Crippen molar-refractivity contribution in [2.45, 2.75) is 0 Å². The zero-order valence-corrected chi connectivity index (χ0v) is 12.5. The molecule has 1 aromatic heterocycles. The average Bonchev–Trinajstić information content (AvgIpc) is 2.71. The van der Waals surface area contributed by atoms with Crippen LogP contribution in [-0.4, -0.2) is 11.1 Å². The van der Waals surface area contributed by atoms with Crippen LogP contribution in [0.3, 0.4) is 0 Å². The summed E-state index contributed by atoms with van der Waals surface area (Å²) in [7, 11) is 0. The Morgan fingerprint density at radius 2 is 2.05 bits per heavy atom. The molecular weight excluding hydrogens is 355 g/mol. The molecule has 1 heterocycles. The highest BCUT2D eigenvalue weighted by atomic mass is 79.9. The van der Waals surface area contributed by atoms with Gasteiger partial charge in [-0.15, -0.1) is 0 Å². The fraction of sp³-hybridized carbons (Fsp3) is 0. The van der Waals surface area contributed by atoms with Crippen molar-refractivity contribution in [1.82, 2.24) is 0 Å². The summed E-state index contributed by atoms with van der Waals surface area (Å²) < 4.78 is 6.21. The summed E-state index contributed by atoms with van der Waals surface area (Å²) in [6, 6.07) is 6.68. The smallest absolute Gasteiger partial charge is 0.328 e. The molecule has 0 spiro atoms. The molecule has 0 amide bonds. The lowest BCUT2D eigenvalue weighted by Crippen LogP contribution is -1.84. The largest absolute Gasteiger partial charge is 0.478 e. The van der Waals surface area contributed by atoms with Gasteiger partial charge in [0.15, 0.2) is 5.76 Å². The number of carboxylic acid groups (broad SMARTS) is 1. The summed E-state index contributed by atoms with van der Waals surface area (Å²) in [6.45, 7) is 0. The quantitative estimate of drug-likeness (QED) is 0.772. The van der Waals surface area contributed by atoms with Gasteiger partial charge in [-0.1, -0.05) is 23.2 Å². The lowest BCUT2D eigenvalue weighted by molar-refractivity contribution is -0.131. The summed E-state index contributed by atoms with van der Waals surface area (Å²) in [5.74, 6) is -0.146. The number of aliphatic carboxylic acids is 1. The highest BCUT2D eigenvalue weighted by molar-refractivity contribution is 9.10. The van der Waals surface area contributed by atoms with Gasteiger partial charge in [0.25, 0.3) is 0 Å². The van der Waals surface area contributed by atoms with Crippen LogP contribution in [0.1, 0.15) is 5.76 Å². The number of benzene rings is 1. The first kappa shape index (κ1) is 14.2. The Balaban J connectivity index is 2.46. The maximum atomic E-state index is 10.5. The van der Waals surface area contributed by atoms with Gasteiger partial charge in [-0.25, -0.2) is 4.79 Å². The van der Waals surface area contributed by atoms with Gasteiger partial charge in [-0.05, 0) is 46.3 Å². The van der Waals surface area contributed by atoms with Gasteiger partial charge in [0.1, 0.15) is 5.76 Å². The van der Waals surface area contributed by atoms with Crippen molar-refractivity contribution in [1.29, 1.82) is 0 Å². The first-order valence-corrected chi connectivity index (χ1v) is 6.68. The maximum absolute atomic E-state index is 10.5. The van der Waals surface area contributed by atoms with Crippen LogP contribution in [0.15, 0.2) is 39.2 Å². The molecule has 0 saturated carbocycles. The zero-order valence-electron chi connectivity index (χ0n) is 9.36. The molecule has 0 saturated heterocycles. The molecule has 19 heavy (non-hydrogen) atoms. The SMILES string of the molecule is O=C(O)/C=C/c1cc(Br)c(-c2cc(Cl)ccc2Cl)o1. The molecule has 0 aliphatic carbocycles. The van der Waals surface area contributed by atoms with Crippen LogP contribution in [0.25, 0.3) is 17.4 Å². The first-order valence-electron chi connectivity index (χ1n) is 5.13. The topological polar surface area (TPSA) is 50.4 Å². The van der Waals surface area contributed by atoms with E-state index in [4.69, 9.17) is 32.7 Å². The number of halogens is 3. The summed E-state index contributed by atoms with van der Waals surface area (Å²) >= 11 is 15.4. The minimum atomic E-state index is -1.05. The van der Waals surface area contributed by atoms with E-state index < -0.39 is 5.97 Å². The Morgan fingerprint density at radius 1 is 1.32 bits per heavy atom. The fourth-order valence-electron chi connectivity index (χ4n) is 1.48. The van der Waals surface area contributed by atoms with Crippen molar-refractivity contribution in [3.05, 3.63) is 50.6 Å². The number of rotatable bonds is 3. The third kappa shape index (κ3) is 3.41. The molecule has 2 aromatic rings. The first-order chi connectivity index (χ1) is 8.97. The van der Waals surface area contributed by atoms with Gasteiger partial charge in [0.2, 0.25) is 0 Å². The molecule has 98 valence electrons. The Hall–Kier alpha value is -1.23. The van der Waals surface area contributed by atoms with E-state index in [2.05, 4.69) is 15.9 Å². The van der Waals surface area contributed by atoms with Crippen LogP contribution in [0.5, 0.6) is 0 Å². The third-order valence-corrected chi connectivity index (χ3v) is 3.42. The van der Waals surface area contributed by atoms with Crippen LogP contribution in [0, 0.1) is 0 Å². The maximum Gasteiger partial charge on any atom is 0.328 e. The van der Waals surface area contributed by atoms with Crippen LogP contribution in [0.4, 0.5) is 0 Å². The molecule has 0 unspecified atom stereocenters. The average molecular weight is 362 g/mol. The van der Waals surface area contributed by atoms with E-state index in [1.165, 1.54) is 6.08 Å². The molecule has 2 rings (SSSR count). The molecule has 0 atom stereocenters. The zero-order chi connectivity index (χ0) is 14.0. The van der Waals surface area contributed by atoms with Crippen LogP contribution < -0.4 is 0 Å². The summed E-state index contributed by atoms with van der Waals surface area (Å²) in [5.41, 5.74) is 0.635. The standard InChI is InChI=1S/C13H7BrCl2O3/c14-10-6-8(2-4-12(17)18)19-13(10)9-5-7(15)1-3-11(9)16/h1-6H,(H,17,18)/b4-2+. The number of hydrogen-bond acceptors (Lipinski definition) is 2. The van der Waals surface area contributed by atoms with Crippen LogP contribution in [-0.2, 0) is 4.79 Å². The molecular formula is C13H7BrCl2O3. The van der Waals surface area contributed by atoms with Crippen molar-refractivity contribution in [3.8, 4) is 11.3 Å². The molecule has 1 aromatic carbocycles. The molecule has 0 aliphatic rings. The predicted molar refractivity (Wildman–Crippen MR) is 78.5 cm³/mol. The summed E-state index contributed by atoms with van der Waals surface area (Å²) in [4.78, 5) is 10.5. The van der Waals surface area contributed by atoms with Crippen molar-refractivity contribution in [2.24, 2.45) is 0 Å². The Morgan fingerprint density at radius 3 is 2.74 bits per heavy atom. The van der Waals surface area contributed by atoms with E-state index in [9.17, 15) is 4.79 Å². The molecule has 1 N–H and O–H groups in total. The normalized spacial score (nSPS) is 11.1. The molecule has 0 radical (unpaired) electrons. The van der Waals surface area contributed by atoms with E-state index in [1.54, 1.807) is 24.3 Å². The van der Waals surface area contributed by atoms with E-state index >= 15 is 0 Å². The lowest BCUT2D eigenvalue weighted by atomic mass is 10.2. The monoisotopic (exact) mass is 360 g/mol. The second-order valence-electron chi connectivity index (χ2n) is 3.62. The molecule has 6 heteroatoms. The Kier molecular flexibility index (Phi) is 4.34. The second kappa shape index (κ2) is 5.82. The van der Waals surface area contributed by atoms with Crippen LogP contribution in [0.2, 0.25) is 10.0 Å². The Bertz CT molecular complexity index is 662. The van der Waals surface area contributed by atoms with Gasteiger partial charge in [0, 0.05) is 16.7 Å². The van der Waals surface area contributed by atoms with Gasteiger partial charge in [-0.3, -0.25) is 0 Å². The van der Waals surface area contributed by atoms with Crippen molar-refractivity contribution < 1.29 is 14.3 Å². The van der Waals surface area contributed by atoms with Crippen LogP contribution >= 0.6 is 39.1 Å². The molecule has 0 fully saturated rings. The van der Waals surface area contributed by atoms with Crippen molar-refractivity contribution in [2.75, 3.05) is 0 Å². The van der Waals surface area contributed by atoms with Crippen molar-refractivity contribution >= 4 is 51.2 Å². The highest BCUT2D eigenvalue weighted by Gasteiger charge is 2.13. The van der Waals surface area contributed by atoms with Gasteiger partial charge in [-0.2, -0.15) is 0 Å². The highest BCUT2D eigenvalue weighted by Crippen LogP contribution is 2.37. The third-order valence-electron chi connectivity index (χ3n) is 2.27. The summed E-state index contributed by atoms with van der Waals surface area (Å²) in [5, 5.41) is 9.60. The van der Waals surface area contributed by atoms with Crippen molar-refractivity contribution in [3.63, 3.8) is 0 Å². The van der Waals surface area contributed by atoms with E-state index in [0.29, 0.717) is 31.6 Å². The number of carboxylic acids is 1. The van der Waals surface area contributed by atoms with Gasteiger partial charge < -0.3 is 9.52 Å². The van der Waals surface area contributed by atoms with Gasteiger partial charge in [0.05, 0.1) is 9.50 Å². The molecule has 3 nitrogen and oxygen atoms in total.